The molecule has 1 fully saturated rings. The van der Waals surface area contributed by atoms with Crippen molar-refractivity contribution in [3.8, 4) is 16.9 Å². The number of carbonyl (C=O) groups is 2. The monoisotopic (exact) mass is 387 g/mol. The zero-order valence-corrected chi connectivity index (χ0v) is 16.3. The summed E-state index contributed by atoms with van der Waals surface area (Å²) in [5, 5.41) is 15.2. The quantitative estimate of drug-likeness (QED) is 0.697. The van der Waals surface area contributed by atoms with Crippen LogP contribution in [0.2, 0.25) is 0 Å². The summed E-state index contributed by atoms with van der Waals surface area (Å²) in [6.07, 6.45) is 3.88. The van der Waals surface area contributed by atoms with E-state index in [9.17, 15) is 14.7 Å². The van der Waals surface area contributed by atoms with Crippen molar-refractivity contribution >= 4 is 28.2 Å². The van der Waals surface area contributed by atoms with Crippen LogP contribution in [0.5, 0.6) is 5.75 Å². The highest BCUT2D eigenvalue weighted by molar-refractivity contribution is 7.14. The average Bonchev–Trinajstić information content (AvgIpc) is 3.11. The first-order chi connectivity index (χ1) is 13.0. The maximum atomic E-state index is 12.4. The van der Waals surface area contributed by atoms with E-state index < -0.39 is 0 Å². The molecule has 0 atom stereocenters. The number of hydrogen-bond acceptors (Lipinski definition) is 5. The number of hydrogen-bond donors (Lipinski definition) is 2. The van der Waals surface area contributed by atoms with E-state index in [1.165, 1.54) is 11.3 Å². The van der Waals surface area contributed by atoms with Gasteiger partial charge in [-0.05, 0) is 67.9 Å². The molecule has 0 unspecified atom stereocenters. The molecule has 0 radical (unpaired) electrons. The van der Waals surface area contributed by atoms with Gasteiger partial charge in [-0.1, -0.05) is 12.1 Å². The first-order valence-corrected chi connectivity index (χ1v) is 10.3. The van der Waals surface area contributed by atoms with Gasteiger partial charge < -0.3 is 15.2 Å². The predicted octanol–water partition coefficient (Wildman–Crippen LogP) is 4.82. The van der Waals surface area contributed by atoms with Crippen LogP contribution >= 0.6 is 11.3 Å². The fourth-order valence-corrected chi connectivity index (χ4v) is 4.35. The molecule has 27 heavy (non-hydrogen) atoms. The van der Waals surface area contributed by atoms with Gasteiger partial charge in [-0.2, -0.15) is 0 Å². The van der Waals surface area contributed by atoms with Crippen LogP contribution in [0, 0.1) is 11.8 Å². The lowest BCUT2D eigenvalue weighted by molar-refractivity contribution is -0.149. The summed E-state index contributed by atoms with van der Waals surface area (Å²) in [4.78, 5) is 24.2. The Labute approximate surface area is 163 Å². The molecule has 144 valence electrons. The van der Waals surface area contributed by atoms with Crippen molar-refractivity contribution in [3.05, 3.63) is 35.7 Å². The number of benzene rings is 1. The van der Waals surface area contributed by atoms with Crippen LogP contribution in [0.1, 0.15) is 39.0 Å². The Morgan fingerprint density at radius 1 is 1.15 bits per heavy atom. The Bertz CT molecular complexity index is 776. The molecule has 0 spiro atoms. The molecular weight excluding hydrogens is 362 g/mol. The van der Waals surface area contributed by atoms with Crippen molar-refractivity contribution < 1.29 is 19.4 Å². The van der Waals surface area contributed by atoms with Gasteiger partial charge in [0, 0.05) is 11.8 Å². The topological polar surface area (TPSA) is 75.6 Å². The van der Waals surface area contributed by atoms with Crippen molar-refractivity contribution in [2.24, 2.45) is 11.8 Å². The molecule has 6 heteroatoms. The SMILES string of the molecule is CCOC(=O)C1CCC(CC(=O)Nc2cc(-c3ccc(O)cc3)cs2)CC1. The number of esters is 1. The summed E-state index contributed by atoms with van der Waals surface area (Å²) in [5.41, 5.74) is 2.02. The van der Waals surface area contributed by atoms with Gasteiger partial charge in [0.15, 0.2) is 0 Å². The largest absolute Gasteiger partial charge is 0.508 e. The molecule has 1 aliphatic rings. The minimum absolute atomic E-state index is 0.00516. The van der Waals surface area contributed by atoms with Gasteiger partial charge in [-0.3, -0.25) is 9.59 Å². The van der Waals surface area contributed by atoms with Crippen LogP contribution in [0.4, 0.5) is 5.00 Å². The third kappa shape index (κ3) is 5.32. The number of aromatic hydroxyl groups is 1. The van der Waals surface area contributed by atoms with Crippen molar-refractivity contribution in [3.63, 3.8) is 0 Å². The van der Waals surface area contributed by atoms with E-state index in [1.54, 1.807) is 12.1 Å². The smallest absolute Gasteiger partial charge is 0.308 e. The summed E-state index contributed by atoms with van der Waals surface area (Å²) in [5.74, 6) is 0.483. The van der Waals surface area contributed by atoms with Crippen molar-refractivity contribution in [2.45, 2.75) is 39.0 Å². The minimum Gasteiger partial charge on any atom is -0.508 e. The van der Waals surface area contributed by atoms with Gasteiger partial charge >= 0.3 is 5.97 Å². The standard InChI is InChI=1S/C21H25NO4S/c1-2-26-21(25)16-5-3-14(4-6-16)11-19(24)22-20-12-17(13-27-20)15-7-9-18(23)10-8-15/h7-10,12-14,16,23H,2-6,11H2,1H3,(H,22,24). The number of thiophene rings is 1. The Balaban J connectivity index is 1.48. The maximum absolute atomic E-state index is 12.4. The molecule has 1 amide bonds. The van der Waals surface area contributed by atoms with E-state index in [-0.39, 0.29) is 23.5 Å². The van der Waals surface area contributed by atoms with Gasteiger partial charge in [0.2, 0.25) is 5.91 Å². The van der Waals surface area contributed by atoms with Gasteiger partial charge in [-0.15, -0.1) is 11.3 Å². The summed E-state index contributed by atoms with van der Waals surface area (Å²) >= 11 is 1.49. The van der Waals surface area contributed by atoms with Crippen LogP contribution in [0.3, 0.4) is 0 Å². The maximum Gasteiger partial charge on any atom is 0.308 e. The van der Waals surface area contributed by atoms with Crippen molar-refractivity contribution in [1.29, 1.82) is 0 Å². The summed E-state index contributed by atoms with van der Waals surface area (Å²) < 4.78 is 5.09. The molecule has 5 nitrogen and oxygen atoms in total. The second-order valence-corrected chi connectivity index (χ2v) is 7.88. The number of ether oxygens (including phenoxy) is 1. The Morgan fingerprint density at radius 2 is 1.85 bits per heavy atom. The zero-order chi connectivity index (χ0) is 19.2. The highest BCUT2D eigenvalue weighted by Gasteiger charge is 2.28. The molecule has 0 bridgehead atoms. The molecule has 3 rings (SSSR count). The Morgan fingerprint density at radius 3 is 2.52 bits per heavy atom. The van der Waals surface area contributed by atoms with Gasteiger partial charge in [-0.25, -0.2) is 0 Å². The molecule has 1 aliphatic carbocycles. The number of phenols is 1. The summed E-state index contributed by atoms with van der Waals surface area (Å²) in [7, 11) is 0. The third-order valence-electron chi connectivity index (χ3n) is 5.00. The first kappa shape index (κ1) is 19.4. The van der Waals surface area contributed by atoms with E-state index in [0.717, 1.165) is 41.8 Å². The first-order valence-electron chi connectivity index (χ1n) is 9.39. The summed E-state index contributed by atoms with van der Waals surface area (Å²) in [6.45, 7) is 2.25. The van der Waals surface area contributed by atoms with Crippen molar-refractivity contribution in [2.75, 3.05) is 11.9 Å². The predicted molar refractivity (Wildman–Crippen MR) is 107 cm³/mol. The number of rotatable bonds is 6. The zero-order valence-electron chi connectivity index (χ0n) is 15.4. The van der Waals surface area contributed by atoms with Crippen molar-refractivity contribution in [1.82, 2.24) is 0 Å². The van der Waals surface area contributed by atoms with Crippen LogP contribution in [-0.2, 0) is 14.3 Å². The van der Waals surface area contributed by atoms with Gasteiger partial charge in [0.05, 0.1) is 17.5 Å². The lowest BCUT2D eigenvalue weighted by Crippen LogP contribution is -2.26. The highest BCUT2D eigenvalue weighted by atomic mass is 32.1. The second kappa shape index (κ2) is 9.04. The van der Waals surface area contributed by atoms with E-state index in [2.05, 4.69) is 5.32 Å². The fraction of sp³-hybridized carbons (Fsp3) is 0.429. The van der Waals surface area contributed by atoms with Crippen LogP contribution < -0.4 is 5.32 Å². The molecule has 1 aromatic carbocycles. The molecular formula is C21H25NO4S. The lowest BCUT2D eigenvalue weighted by Gasteiger charge is -2.26. The number of carbonyl (C=O) groups excluding carboxylic acids is 2. The second-order valence-electron chi connectivity index (χ2n) is 6.97. The van der Waals surface area contributed by atoms with E-state index in [0.29, 0.717) is 18.9 Å². The van der Waals surface area contributed by atoms with E-state index in [1.807, 2.05) is 30.5 Å². The molecule has 0 aliphatic heterocycles. The molecule has 1 heterocycles. The van der Waals surface area contributed by atoms with Gasteiger partial charge in [0.1, 0.15) is 5.75 Å². The molecule has 1 saturated carbocycles. The minimum atomic E-state index is -0.0965. The van der Waals surface area contributed by atoms with Crippen LogP contribution in [0.25, 0.3) is 11.1 Å². The highest BCUT2D eigenvalue weighted by Crippen LogP contribution is 2.33. The molecule has 2 aromatic rings. The Kier molecular flexibility index (Phi) is 6.50. The molecule has 1 aromatic heterocycles. The van der Waals surface area contributed by atoms with E-state index in [4.69, 9.17) is 4.74 Å². The average molecular weight is 388 g/mol. The molecule has 0 saturated heterocycles. The summed E-state index contributed by atoms with van der Waals surface area (Å²) in [6, 6.07) is 8.96. The fourth-order valence-electron chi connectivity index (χ4n) is 3.52. The number of phenolic OH excluding ortho intramolecular Hbond substituents is 1. The number of amides is 1. The van der Waals surface area contributed by atoms with Gasteiger partial charge in [0.25, 0.3) is 0 Å². The third-order valence-corrected chi connectivity index (χ3v) is 5.85. The van der Waals surface area contributed by atoms with E-state index >= 15 is 0 Å². The lowest BCUT2D eigenvalue weighted by atomic mass is 9.80. The molecule has 2 N–H and O–H groups in total. The normalized spacial score (nSPS) is 19.4. The Hall–Kier alpha value is -2.34. The number of anilines is 1. The number of nitrogens with one attached hydrogen (secondary N) is 1. The van der Waals surface area contributed by atoms with Crippen LogP contribution in [0.15, 0.2) is 35.7 Å². The van der Waals surface area contributed by atoms with Crippen LogP contribution in [-0.4, -0.2) is 23.6 Å².